The first-order valence-electron chi connectivity index (χ1n) is 5.53. The van der Waals surface area contributed by atoms with Crippen molar-refractivity contribution in [2.45, 2.75) is 32.1 Å². The van der Waals surface area contributed by atoms with Gasteiger partial charge in [0.1, 0.15) is 0 Å². The van der Waals surface area contributed by atoms with Gasteiger partial charge in [-0.1, -0.05) is 24.6 Å². The second-order valence-corrected chi connectivity index (χ2v) is 5.16. The second-order valence-electron chi connectivity index (χ2n) is 3.56. The van der Waals surface area contributed by atoms with Crippen LogP contribution in [0.2, 0.25) is 0 Å². The molecule has 0 amide bonds. The monoisotopic (exact) mass is 255 g/mol. The van der Waals surface area contributed by atoms with Gasteiger partial charge in [-0.25, -0.2) is 0 Å². The standard InChI is InChI=1S/C12H17NO3S/c1-4-12(16-5-2)13-17(14,15)11-8-6-10(3)7-9-11/h6-9H,4-5H2,1-3H3/b13-12-. The van der Waals surface area contributed by atoms with Crippen LogP contribution in [0.15, 0.2) is 33.6 Å². The minimum Gasteiger partial charge on any atom is -0.481 e. The minimum atomic E-state index is -3.65. The van der Waals surface area contributed by atoms with E-state index in [4.69, 9.17) is 4.74 Å². The van der Waals surface area contributed by atoms with Gasteiger partial charge in [-0.3, -0.25) is 0 Å². The van der Waals surface area contributed by atoms with Crippen LogP contribution < -0.4 is 0 Å². The molecule has 0 N–H and O–H groups in total. The number of hydrogen-bond donors (Lipinski definition) is 0. The van der Waals surface area contributed by atoms with E-state index in [0.29, 0.717) is 13.0 Å². The number of sulfonamides is 1. The highest BCUT2D eigenvalue weighted by Gasteiger charge is 2.13. The van der Waals surface area contributed by atoms with E-state index >= 15 is 0 Å². The summed E-state index contributed by atoms with van der Waals surface area (Å²) in [5, 5.41) is 0. The molecule has 0 aliphatic heterocycles. The summed E-state index contributed by atoms with van der Waals surface area (Å²) >= 11 is 0. The van der Waals surface area contributed by atoms with E-state index in [1.54, 1.807) is 38.1 Å². The first kappa shape index (κ1) is 13.7. The molecule has 94 valence electrons. The number of aryl methyl sites for hydroxylation is 1. The summed E-state index contributed by atoms with van der Waals surface area (Å²) in [5.41, 5.74) is 1.01. The summed E-state index contributed by atoms with van der Waals surface area (Å²) in [6.07, 6.45) is 0.457. The highest BCUT2D eigenvalue weighted by Crippen LogP contribution is 2.14. The number of nitrogens with zero attached hydrogens (tertiary/aromatic N) is 1. The maximum atomic E-state index is 11.9. The lowest BCUT2D eigenvalue weighted by atomic mass is 10.2. The van der Waals surface area contributed by atoms with Crippen molar-refractivity contribution in [2.24, 2.45) is 4.40 Å². The van der Waals surface area contributed by atoms with Crippen LogP contribution in [0.3, 0.4) is 0 Å². The van der Waals surface area contributed by atoms with Gasteiger partial charge in [0, 0.05) is 6.42 Å². The van der Waals surface area contributed by atoms with Crippen LogP contribution in [0.4, 0.5) is 0 Å². The molecule has 1 aromatic rings. The fourth-order valence-electron chi connectivity index (χ4n) is 1.26. The van der Waals surface area contributed by atoms with E-state index in [1.807, 2.05) is 6.92 Å². The van der Waals surface area contributed by atoms with Crippen LogP contribution >= 0.6 is 0 Å². The Balaban J connectivity index is 3.06. The Labute approximate surface area is 102 Å². The largest absolute Gasteiger partial charge is 0.481 e. The Morgan fingerprint density at radius 1 is 1.24 bits per heavy atom. The molecule has 1 rings (SSSR count). The summed E-state index contributed by atoms with van der Waals surface area (Å²) < 4.78 is 32.7. The zero-order valence-corrected chi connectivity index (χ0v) is 11.1. The Bertz CT molecular complexity index is 489. The number of hydrogen-bond acceptors (Lipinski definition) is 3. The first-order valence-corrected chi connectivity index (χ1v) is 6.97. The van der Waals surface area contributed by atoms with Crippen LogP contribution in [0, 0.1) is 6.92 Å². The van der Waals surface area contributed by atoms with Crippen molar-refractivity contribution in [3.8, 4) is 0 Å². The number of rotatable bonds is 4. The van der Waals surface area contributed by atoms with Gasteiger partial charge >= 0.3 is 0 Å². The summed E-state index contributed by atoms with van der Waals surface area (Å²) in [6, 6.07) is 6.59. The smallest absolute Gasteiger partial charge is 0.285 e. The molecule has 0 radical (unpaired) electrons. The molecule has 1 aromatic carbocycles. The van der Waals surface area contributed by atoms with Gasteiger partial charge in [-0.05, 0) is 26.0 Å². The molecule has 0 saturated heterocycles. The van der Waals surface area contributed by atoms with Gasteiger partial charge in [0.25, 0.3) is 10.0 Å². The van der Waals surface area contributed by atoms with E-state index < -0.39 is 10.0 Å². The Morgan fingerprint density at radius 3 is 2.29 bits per heavy atom. The summed E-state index contributed by atoms with van der Waals surface area (Å²) in [7, 11) is -3.65. The van der Waals surface area contributed by atoms with Crippen LogP contribution in [0.1, 0.15) is 25.8 Å². The van der Waals surface area contributed by atoms with Crippen molar-refractivity contribution in [3.63, 3.8) is 0 Å². The fraction of sp³-hybridized carbons (Fsp3) is 0.417. The average Bonchev–Trinajstić information content (AvgIpc) is 2.28. The minimum absolute atomic E-state index is 0.189. The van der Waals surface area contributed by atoms with Gasteiger partial charge in [-0.2, -0.15) is 8.42 Å². The second kappa shape index (κ2) is 5.82. The van der Waals surface area contributed by atoms with Crippen LogP contribution in [0.25, 0.3) is 0 Å². The van der Waals surface area contributed by atoms with Gasteiger partial charge < -0.3 is 4.74 Å². The molecular weight excluding hydrogens is 238 g/mol. The SMILES string of the molecule is CCO/C(CC)=N\S(=O)(=O)c1ccc(C)cc1. The molecule has 0 saturated carbocycles. The van der Waals surface area contributed by atoms with E-state index in [-0.39, 0.29) is 10.8 Å². The normalized spacial score (nSPS) is 12.5. The van der Waals surface area contributed by atoms with Crippen LogP contribution in [0.5, 0.6) is 0 Å². The lowest BCUT2D eigenvalue weighted by molar-refractivity contribution is 0.319. The van der Waals surface area contributed by atoms with Crippen LogP contribution in [-0.4, -0.2) is 20.9 Å². The van der Waals surface area contributed by atoms with Gasteiger partial charge in [0.2, 0.25) is 0 Å². The summed E-state index contributed by atoms with van der Waals surface area (Å²) in [4.78, 5) is 0.189. The van der Waals surface area contributed by atoms with E-state index in [2.05, 4.69) is 4.40 Å². The maximum Gasteiger partial charge on any atom is 0.285 e. The molecule has 17 heavy (non-hydrogen) atoms. The van der Waals surface area contributed by atoms with Crippen molar-refractivity contribution in [1.82, 2.24) is 0 Å². The average molecular weight is 255 g/mol. The molecule has 0 unspecified atom stereocenters. The predicted octanol–water partition coefficient (Wildman–Crippen LogP) is 2.53. The Hall–Kier alpha value is -1.36. The molecule has 0 aliphatic carbocycles. The first-order chi connectivity index (χ1) is 7.99. The zero-order valence-electron chi connectivity index (χ0n) is 10.3. The van der Waals surface area contributed by atoms with Crippen molar-refractivity contribution in [1.29, 1.82) is 0 Å². The van der Waals surface area contributed by atoms with Crippen molar-refractivity contribution >= 4 is 15.9 Å². The lowest BCUT2D eigenvalue weighted by Gasteiger charge is -2.05. The molecule has 0 aliphatic rings. The third-order valence-corrected chi connectivity index (χ3v) is 3.47. The maximum absolute atomic E-state index is 11.9. The number of ether oxygens (including phenoxy) is 1. The quantitative estimate of drug-likeness (QED) is 0.613. The number of benzene rings is 1. The lowest BCUT2D eigenvalue weighted by Crippen LogP contribution is -2.08. The highest BCUT2D eigenvalue weighted by atomic mass is 32.2. The summed E-state index contributed by atoms with van der Waals surface area (Å²) in [5.74, 6) is 0.244. The molecule has 0 spiro atoms. The highest BCUT2D eigenvalue weighted by molar-refractivity contribution is 7.90. The molecule has 0 heterocycles. The molecule has 0 bridgehead atoms. The zero-order chi connectivity index (χ0) is 12.9. The molecule has 4 nitrogen and oxygen atoms in total. The molecular formula is C12H17NO3S. The van der Waals surface area contributed by atoms with Gasteiger partial charge in [0.05, 0.1) is 11.5 Å². The van der Waals surface area contributed by atoms with E-state index in [9.17, 15) is 8.42 Å². The Morgan fingerprint density at radius 2 is 1.82 bits per heavy atom. The van der Waals surface area contributed by atoms with E-state index in [0.717, 1.165) is 5.56 Å². The fourth-order valence-corrected chi connectivity index (χ4v) is 2.29. The van der Waals surface area contributed by atoms with Crippen LogP contribution in [-0.2, 0) is 14.8 Å². The Kier molecular flexibility index (Phi) is 4.69. The van der Waals surface area contributed by atoms with Gasteiger partial charge in [-0.15, -0.1) is 4.40 Å². The molecule has 0 aromatic heterocycles. The van der Waals surface area contributed by atoms with Crippen molar-refractivity contribution < 1.29 is 13.2 Å². The molecule has 0 fully saturated rings. The topological polar surface area (TPSA) is 55.7 Å². The summed E-state index contributed by atoms with van der Waals surface area (Å²) in [6.45, 7) is 5.91. The molecule has 0 atom stereocenters. The van der Waals surface area contributed by atoms with Crippen molar-refractivity contribution in [2.75, 3.05) is 6.61 Å². The van der Waals surface area contributed by atoms with Crippen molar-refractivity contribution in [3.05, 3.63) is 29.8 Å². The predicted molar refractivity (Wildman–Crippen MR) is 67.7 cm³/mol. The third kappa shape index (κ3) is 3.85. The van der Waals surface area contributed by atoms with Gasteiger partial charge in [0.15, 0.2) is 5.90 Å². The molecule has 5 heteroatoms. The van der Waals surface area contributed by atoms with E-state index in [1.165, 1.54) is 0 Å². The third-order valence-electron chi connectivity index (χ3n) is 2.15.